The molecule has 1 nitrogen and oxygen atoms in total. The van der Waals surface area contributed by atoms with Gasteiger partial charge in [-0.2, -0.15) is 0 Å². The van der Waals surface area contributed by atoms with E-state index < -0.39 is 0 Å². The standard InChI is InChI=1S/C15H19N/c1-2-6-13(7-3-1)12-16-11-10-14-8-4-5-9-15(14)16/h1-4,6-8,14-15H,5,9-12H2/t14-,15-/m0/s1. The highest BCUT2D eigenvalue weighted by molar-refractivity contribution is 5.15. The molecule has 3 rings (SSSR count). The van der Waals surface area contributed by atoms with Crippen LogP contribution in [0.25, 0.3) is 0 Å². The summed E-state index contributed by atoms with van der Waals surface area (Å²) in [5.41, 5.74) is 1.46. The second kappa shape index (κ2) is 4.42. The Hall–Kier alpha value is -1.08. The van der Waals surface area contributed by atoms with E-state index >= 15 is 0 Å². The summed E-state index contributed by atoms with van der Waals surface area (Å²) in [7, 11) is 0. The Bertz CT molecular complexity index is 368. The van der Waals surface area contributed by atoms with Gasteiger partial charge < -0.3 is 0 Å². The lowest BCUT2D eigenvalue weighted by Crippen LogP contribution is -2.32. The average Bonchev–Trinajstić information content (AvgIpc) is 2.74. The third kappa shape index (κ3) is 1.92. The molecule has 2 aliphatic rings. The van der Waals surface area contributed by atoms with Gasteiger partial charge in [0.15, 0.2) is 0 Å². The van der Waals surface area contributed by atoms with Crippen molar-refractivity contribution in [2.75, 3.05) is 6.54 Å². The molecule has 1 aromatic carbocycles. The summed E-state index contributed by atoms with van der Waals surface area (Å²) >= 11 is 0. The Kier molecular flexibility index (Phi) is 2.79. The van der Waals surface area contributed by atoms with Crippen molar-refractivity contribution in [3.05, 3.63) is 48.0 Å². The molecule has 1 saturated heterocycles. The lowest BCUT2D eigenvalue weighted by molar-refractivity contribution is 0.215. The molecule has 1 heteroatoms. The summed E-state index contributed by atoms with van der Waals surface area (Å²) in [6.45, 7) is 2.41. The van der Waals surface area contributed by atoms with E-state index in [1.54, 1.807) is 0 Å². The number of rotatable bonds is 2. The van der Waals surface area contributed by atoms with Gasteiger partial charge in [0.2, 0.25) is 0 Å². The zero-order valence-electron chi connectivity index (χ0n) is 9.68. The minimum absolute atomic E-state index is 0.810. The Morgan fingerprint density at radius 2 is 2.00 bits per heavy atom. The first-order chi connectivity index (χ1) is 7.93. The molecule has 0 saturated carbocycles. The maximum atomic E-state index is 2.67. The second-order valence-electron chi connectivity index (χ2n) is 4.98. The highest BCUT2D eigenvalue weighted by Crippen LogP contribution is 2.33. The van der Waals surface area contributed by atoms with Gasteiger partial charge >= 0.3 is 0 Å². The lowest BCUT2D eigenvalue weighted by Gasteiger charge is -2.29. The van der Waals surface area contributed by atoms with Crippen LogP contribution >= 0.6 is 0 Å². The molecule has 0 amide bonds. The van der Waals surface area contributed by atoms with Gasteiger partial charge in [0, 0.05) is 12.6 Å². The molecule has 2 atom stereocenters. The summed E-state index contributed by atoms with van der Waals surface area (Å²) in [5.74, 6) is 0.831. The van der Waals surface area contributed by atoms with Gasteiger partial charge in [0.05, 0.1) is 0 Å². The number of likely N-dealkylation sites (tertiary alicyclic amines) is 1. The molecule has 1 fully saturated rings. The Balaban J connectivity index is 1.70. The lowest BCUT2D eigenvalue weighted by atomic mass is 9.91. The molecule has 1 aliphatic heterocycles. The molecule has 1 heterocycles. The SMILES string of the molecule is C1=C[C@H]2CCN(Cc3ccccc3)[C@H]2CC1. The van der Waals surface area contributed by atoms with Crippen LogP contribution in [0, 0.1) is 5.92 Å². The quantitative estimate of drug-likeness (QED) is 0.682. The number of benzene rings is 1. The third-order valence-electron chi connectivity index (χ3n) is 3.95. The van der Waals surface area contributed by atoms with Crippen LogP contribution in [0.4, 0.5) is 0 Å². The fourth-order valence-electron chi connectivity index (χ4n) is 3.12. The minimum Gasteiger partial charge on any atom is -0.296 e. The smallest absolute Gasteiger partial charge is 0.0236 e. The maximum Gasteiger partial charge on any atom is 0.0236 e. The number of nitrogens with zero attached hydrogens (tertiary/aromatic N) is 1. The number of fused-ring (bicyclic) bond motifs is 1. The molecule has 16 heavy (non-hydrogen) atoms. The van der Waals surface area contributed by atoms with Crippen molar-refractivity contribution >= 4 is 0 Å². The van der Waals surface area contributed by atoms with Crippen molar-refractivity contribution in [1.82, 2.24) is 4.90 Å². The molecular weight excluding hydrogens is 194 g/mol. The summed E-state index contributed by atoms with van der Waals surface area (Å²) in [6, 6.07) is 11.7. The van der Waals surface area contributed by atoms with E-state index in [0.717, 1.165) is 18.5 Å². The van der Waals surface area contributed by atoms with E-state index in [1.165, 1.54) is 31.4 Å². The van der Waals surface area contributed by atoms with Crippen molar-refractivity contribution in [2.45, 2.75) is 31.8 Å². The van der Waals surface area contributed by atoms with E-state index in [0.29, 0.717) is 0 Å². The van der Waals surface area contributed by atoms with Gasteiger partial charge in [-0.1, -0.05) is 42.5 Å². The van der Waals surface area contributed by atoms with Crippen molar-refractivity contribution in [1.29, 1.82) is 0 Å². The Morgan fingerprint density at radius 1 is 1.12 bits per heavy atom. The van der Waals surface area contributed by atoms with Crippen LogP contribution in [-0.2, 0) is 6.54 Å². The van der Waals surface area contributed by atoms with Crippen LogP contribution < -0.4 is 0 Å². The van der Waals surface area contributed by atoms with Gasteiger partial charge in [0.25, 0.3) is 0 Å². The predicted molar refractivity (Wildman–Crippen MR) is 67.1 cm³/mol. The Morgan fingerprint density at radius 3 is 2.88 bits per heavy atom. The van der Waals surface area contributed by atoms with Crippen LogP contribution in [0.1, 0.15) is 24.8 Å². The first-order valence-corrected chi connectivity index (χ1v) is 6.38. The summed E-state index contributed by atoms with van der Waals surface area (Å²) < 4.78 is 0. The van der Waals surface area contributed by atoms with E-state index in [4.69, 9.17) is 0 Å². The molecule has 1 aromatic rings. The first kappa shape index (κ1) is 10.1. The molecule has 0 aromatic heterocycles. The molecule has 1 aliphatic carbocycles. The maximum absolute atomic E-state index is 2.67. The normalized spacial score (nSPS) is 29.2. The largest absolute Gasteiger partial charge is 0.296 e. The number of hydrogen-bond donors (Lipinski definition) is 0. The fraction of sp³-hybridized carbons (Fsp3) is 0.467. The monoisotopic (exact) mass is 213 g/mol. The topological polar surface area (TPSA) is 3.24 Å². The van der Waals surface area contributed by atoms with Crippen molar-refractivity contribution in [3.8, 4) is 0 Å². The van der Waals surface area contributed by atoms with E-state index in [2.05, 4.69) is 47.4 Å². The molecule has 0 N–H and O–H groups in total. The molecular formula is C15H19N. The summed E-state index contributed by atoms with van der Waals surface area (Å²) in [4.78, 5) is 2.67. The van der Waals surface area contributed by atoms with Crippen molar-refractivity contribution in [3.63, 3.8) is 0 Å². The van der Waals surface area contributed by atoms with E-state index in [1.807, 2.05) is 0 Å². The molecule has 0 radical (unpaired) electrons. The van der Waals surface area contributed by atoms with Gasteiger partial charge in [-0.15, -0.1) is 0 Å². The van der Waals surface area contributed by atoms with E-state index in [9.17, 15) is 0 Å². The average molecular weight is 213 g/mol. The Labute approximate surface area is 97.8 Å². The van der Waals surface area contributed by atoms with Crippen LogP contribution in [0.5, 0.6) is 0 Å². The second-order valence-corrected chi connectivity index (χ2v) is 4.98. The number of allylic oxidation sites excluding steroid dienone is 1. The molecule has 0 unspecified atom stereocenters. The van der Waals surface area contributed by atoms with E-state index in [-0.39, 0.29) is 0 Å². The number of hydrogen-bond acceptors (Lipinski definition) is 1. The van der Waals surface area contributed by atoms with Gasteiger partial charge in [0.1, 0.15) is 0 Å². The summed E-state index contributed by atoms with van der Waals surface area (Å²) in [6.07, 6.45) is 8.79. The van der Waals surface area contributed by atoms with Crippen LogP contribution in [-0.4, -0.2) is 17.5 Å². The zero-order chi connectivity index (χ0) is 10.8. The van der Waals surface area contributed by atoms with Crippen molar-refractivity contribution in [2.24, 2.45) is 5.92 Å². The van der Waals surface area contributed by atoms with Gasteiger partial charge in [-0.25, -0.2) is 0 Å². The van der Waals surface area contributed by atoms with Crippen LogP contribution in [0.15, 0.2) is 42.5 Å². The van der Waals surface area contributed by atoms with Gasteiger partial charge in [-0.05, 0) is 37.3 Å². The first-order valence-electron chi connectivity index (χ1n) is 6.38. The molecule has 84 valence electrons. The molecule has 0 bridgehead atoms. The minimum atomic E-state index is 0.810. The van der Waals surface area contributed by atoms with Crippen molar-refractivity contribution < 1.29 is 0 Å². The third-order valence-corrected chi connectivity index (χ3v) is 3.95. The molecule has 0 spiro atoms. The predicted octanol–water partition coefficient (Wildman–Crippen LogP) is 3.23. The zero-order valence-corrected chi connectivity index (χ0v) is 9.68. The van der Waals surface area contributed by atoms with Crippen LogP contribution in [0.2, 0.25) is 0 Å². The highest BCUT2D eigenvalue weighted by atomic mass is 15.2. The van der Waals surface area contributed by atoms with Gasteiger partial charge in [-0.3, -0.25) is 4.90 Å². The van der Waals surface area contributed by atoms with Crippen LogP contribution in [0.3, 0.4) is 0 Å². The highest BCUT2D eigenvalue weighted by Gasteiger charge is 2.33. The fourth-order valence-corrected chi connectivity index (χ4v) is 3.12. The summed E-state index contributed by atoms with van der Waals surface area (Å²) in [5, 5.41) is 0.